The van der Waals surface area contributed by atoms with E-state index in [2.05, 4.69) is 21.4 Å². The molecule has 1 aliphatic heterocycles. The molecular weight excluding hydrogens is 248 g/mol. The lowest BCUT2D eigenvalue weighted by molar-refractivity contribution is 0.0932. The third kappa shape index (κ3) is 3.23. The first-order chi connectivity index (χ1) is 9.84. The Morgan fingerprint density at radius 3 is 2.90 bits per heavy atom. The summed E-state index contributed by atoms with van der Waals surface area (Å²) >= 11 is 0. The Morgan fingerprint density at radius 1 is 1.30 bits per heavy atom. The van der Waals surface area contributed by atoms with Gasteiger partial charge in [0.25, 0.3) is 0 Å². The molecular formula is C16H28N4. The summed E-state index contributed by atoms with van der Waals surface area (Å²) in [5.41, 5.74) is 1.35. The van der Waals surface area contributed by atoms with Gasteiger partial charge in [-0.1, -0.05) is 19.3 Å². The maximum atomic E-state index is 4.28. The van der Waals surface area contributed by atoms with Crippen LogP contribution in [0.1, 0.15) is 37.8 Å². The van der Waals surface area contributed by atoms with Gasteiger partial charge in [0.05, 0.1) is 0 Å². The molecule has 3 rings (SSSR count). The zero-order valence-corrected chi connectivity index (χ0v) is 12.7. The molecule has 1 N–H and O–H groups in total. The number of hydrogen-bond acceptors (Lipinski definition) is 3. The van der Waals surface area contributed by atoms with Crippen molar-refractivity contribution in [2.24, 2.45) is 13.0 Å². The minimum atomic E-state index is 0.761. The average Bonchev–Trinajstić information content (AvgIpc) is 2.92. The first-order valence-corrected chi connectivity index (χ1v) is 8.26. The Kier molecular flexibility index (Phi) is 4.73. The summed E-state index contributed by atoms with van der Waals surface area (Å²) in [5, 5.41) is 7.88. The van der Waals surface area contributed by atoms with Gasteiger partial charge in [0.15, 0.2) is 0 Å². The van der Waals surface area contributed by atoms with E-state index < -0.39 is 0 Å². The van der Waals surface area contributed by atoms with E-state index in [1.165, 1.54) is 57.4 Å². The van der Waals surface area contributed by atoms with Gasteiger partial charge in [0, 0.05) is 57.6 Å². The van der Waals surface area contributed by atoms with Gasteiger partial charge in [-0.05, 0) is 24.8 Å². The van der Waals surface area contributed by atoms with E-state index in [9.17, 15) is 0 Å². The number of aryl methyl sites for hydroxylation is 1. The van der Waals surface area contributed by atoms with Crippen LogP contribution in [0.2, 0.25) is 0 Å². The molecule has 2 aliphatic rings. The summed E-state index contributed by atoms with van der Waals surface area (Å²) in [5.74, 6) is 0.920. The SMILES string of the molecule is Cn1nccc1CCN1CCNCC1C1CCCCC1. The Bertz CT molecular complexity index is 408. The molecule has 4 heteroatoms. The maximum absolute atomic E-state index is 4.28. The van der Waals surface area contributed by atoms with E-state index in [1.54, 1.807) is 0 Å². The zero-order valence-electron chi connectivity index (χ0n) is 12.7. The second-order valence-corrected chi connectivity index (χ2v) is 6.40. The molecule has 1 saturated heterocycles. The quantitative estimate of drug-likeness (QED) is 0.910. The molecule has 0 amide bonds. The molecule has 4 nitrogen and oxygen atoms in total. The largest absolute Gasteiger partial charge is 0.314 e. The number of rotatable bonds is 4. The molecule has 1 aliphatic carbocycles. The van der Waals surface area contributed by atoms with Crippen LogP contribution in [0.5, 0.6) is 0 Å². The normalized spacial score (nSPS) is 25.9. The average molecular weight is 276 g/mol. The predicted octanol–water partition coefficient (Wildman–Crippen LogP) is 1.82. The third-order valence-corrected chi connectivity index (χ3v) is 5.17. The molecule has 1 atom stereocenters. The summed E-state index contributed by atoms with van der Waals surface area (Å²) in [4.78, 5) is 2.74. The number of piperazine rings is 1. The lowest BCUT2D eigenvalue weighted by atomic mass is 9.82. The standard InChI is InChI=1S/C16H28N4/c1-19-15(7-9-18-19)8-11-20-12-10-17-13-16(20)14-5-3-2-4-6-14/h7,9,14,16-17H,2-6,8,10-13H2,1H3. The molecule has 2 fully saturated rings. The van der Waals surface area contributed by atoms with Gasteiger partial charge in [-0.2, -0.15) is 5.10 Å². The first-order valence-electron chi connectivity index (χ1n) is 8.26. The number of hydrogen-bond donors (Lipinski definition) is 1. The van der Waals surface area contributed by atoms with Crippen LogP contribution in [0.3, 0.4) is 0 Å². The van der Waals surface area contributed by atoms with Gasteiger partial charge < -0.3 is 5.32 Å². The summed E-state index contributed by atoms with van der Waals surface area (Å²) in [6.45, 7) is 4.73. The van der Waals surface area contributed by atoms with E-state index in [1.807, 2.05) is 17.9 Å². The number of nitrogens with zero attached hydrogens (tertiary/aromatic N) is 3. The highest BCUT2D eigenvalue weighted by atomic mass is 15.3. The first kappa shape index (κ1) is 14.1. The van der Waals surface area contributed by atoms with E-state index in [4.69, 9.17) is 0 Å². The smallest absolute Gasteiger partial charge is 0.0492 e. The lowest BCUT2D eigenvalue weighted by Gasteiger charge is -2.42. The number of aromatic nitrogens is 2. The van der Waals surface area contributed by atoms with E-state index in [0.29, 0.717) is 0 Å². The molecule has 0 radical (unpaired) electrons. The molecule has 0 bridgehead atoms. The van der Waals surface area contributed by atoms with Crippen molar-refractivity contribution in [2.45, 2.75) is 44.6 Å². The molecule has 20 heavy (non-hydrogen) atoms. The Hall–Kier alpha value is -0.870. The highest BCUT2D eigenvalue weighted by molar-refractivity contribution is 5.01. The van der Waals surface area contributed by atoms with E-state index >= 15 is 0 Å². The van der Waals surface area contributed by atoms with Crippen molar-refractivity contribution >= 4 is 0 Å². The van der Waals surface area contributed by atoms with Gasteiger partial charge >= 0.3 is 0 Å². The predicted molar refractivity (Wildman–Crippen MR) is 81.7 cm³/mol. The second kappa shape index (κ2) is 6.72. The van der Waals surface area contributed by atoms with Gasteiger partial charge in [0.2, 0.25) is 0 Å². The summed E-state index contributed by atoms with van der Waals surface area (Å²) in [7, 11) is 2.05. The van der Waals surface area contributed by atoms with Crippen molar-refractivity contribution in [3.63, 3.8) is 0 Å². The number of nitrogens with one attached hydrogen (secondary N) is 1. The van der Waals surface area contributed by atoms with Gasteiger partial charge in [-0.15, -0.1) is 0 Å². The molecule has 1 aromatic heterocycles. The Labute approximate surface area is 122 Å². The fraction of sp³-hybridized carbons (Fsp3) is 0.812. The van der Waals surface area contributed by atoms with Crippen LogP contribution in [0.4, 0.5) is 0 Å². The van der Waals surface area contributed by atoms with Crippen LogP contribution >= 0.6 is 0 Å². The lowest BCUT2D eigenvalue weighted by Crippen LogP contribution is -2.55. The monoisotopic (exact) mass is 276 g/mol. The van der Waals surface area contributed by atoms with Gasteiger partial charge in [-0.3, -0.25) is 9.58 Å². The van der Waals surface area contributed by atoms with E-state index in [-0.39, 0.29) is 0 Å². The van der Waals surface area contributed by atoms with Crippen LogP contribution in [0, 0.1) is 5.92 Å². The van der Waals surface area contributed by atoms with Crippen LogP contribution in [0.25, 0.3) is 0 Å². The van der Waals surface area contributed by atoms with Crippen molar-refractivity contribution in [3.05, 3.63) is 18.0 Å². The van der Waals surface area contributed by atoms with Crippen LogP contribution in [0.15, 0.2) is 12.3 Å². The molecule has 1 saturated carbocycles. The van der Waals surface area contributed by atoms with E-state index in [0.717, 1.165) is 24.9 Å². The molecule has 1 unspecified atom stereocenters. The fourth-order valence-electron chi connectivity index (χ4n) is 3.93. The fourth-order valence-corrected chi connectivity index (χ4v) is 3.93. The van der Waals surface area contributed by atoms with Crippen molar-refractivity contribution in [1.29, 1.82) is 0 Å². The van der Waals surface area contributed by atoms with Crippen LogP contribution in [-0.4, -0.2) is 46.9 Å². The second-order valence-electron chi connectivity index (χ2n) is 6.40. The van der Waals surface area contributed by atoms with Crippen molar-refractivity contribution in [3.8, 4) is 0 Å². The zero-order chi connectivity index (χ0) is 13.8. The highest BCUT2D eigenvalue weighted by Gasteiger charge is 2.30. The summed E-state index contributed by atoms with van der Waals surface area (Å²) in [6, 6.07) is 2.91. The molecule has 112 valence electrons. The summed E-state index contributed by atoms with van der Waals surface area (Å²) in [6.07, 6.45) is 10.2. The van der Waals surface area contributed by atoms with Crippen molar-refractivity contribution < 1.29 is 0 Å². The van der Waals surface area contributed by atoms with Crippen molar-refractivity contribution in [1.82, 2.24) is 20.0 Å². The Morgan fingerprint density at radius 2 is 2.15 bits per heavy atom. The molecule has 0 spiro atoms. The maximum Gasteiger partial charge on any atom is 0.0492 e. The minimum Gasteiger partial charge on any atom is -0.314 e. The molecule has 2 heterocycles. The van der Waals surface area contributed by atoms with Gasteiger partial charge in [-0.25, -0.2) is 0 Å². The van der Waals surface area contributed by atoms with Crippen LogP contribution < -0.4 is 5.32 Å². The summed E-state index contributed by atoms with van der Waals surface area (Å²) < 4.78 is 2.01. The molecule has 0 aromatic carbocycles. The molecule has 1 aromatic rings. The van der Waals surface area contributed by atoms with Crippen molar-refractivity contribution in [2.75, 3.05) is 26.2 Å². The minimum absolute atomic E-state index is 0.761. The highest BCUT2D eigenvalue weighted by Crippen LogP contribution is 2.29. The van der Waals surface area contributed by atoms with Gasteiger partial charge in [0.1, 0.15) is 0 Å². The third-order valence-electron chi connectivity index (χ3n) is 5.17. The topological polar surface area (TPSA) is 33.1 Å². The Balaban J connectivity index is 1.58. The van der Waals surface area contributed by atoms with Crippen LogP contribution in [-0.2, 0) is 13.5 Å².